The molecule has 3 unspecified atom stereocenters. The largest absolute Gasteiger partial charge is 0.481 e. The van der Waals surface area contributed by atoms with E-state index in [0.29, 0.717) is 13.0 Å². The van der Waals surface area contributed by atoms with Crippen molar-refractivity contribution in [2.45, 2.75) is 51.9 Å². The minimum absolute atomic E-state index is 0.185. The van der Waals surface area contributed by atoms with Gasteiger partial charge in [-0.15, -0.1) is 0 Å². The van der Waals surface area contributed by atoms with Crippen LogP contribution in [-0.4, -0.2) is 35.0 Å². The van der Waals surface area contributed by atoms with Gasteiger partial charge in [-0.05, 0) is 50.4 Å². The van der Waals surface area contributed by atoms with Gasteiger partial charge in [0.1, 0.15) is 0 Å². The molecule has 0 spiro atoms. The first-order valence-corrected chi connectivity index (χ1v) is 8.08. The summed E-state index contributed by atoms with van der Waals surface area (Å²) in [6.45, 7) is 3.21. The fourth-order valence-corrected chi connectivity index (χ4v) is 4.46. The van der Waals surface area contributed by atoms with Gasteiger partial charge in [-0.2, -0.15) is 0 Å². The molecule has 0 aromatic carbocycles. The number of amides is 1. The molecule has 0 aromatic rings. The Bertz CT molecular complexity index is 408. The molecule has 3 aliphatic rings. The third kappa shape index (κ3) is 2.33. The number of nitrogens with zero attached hydrogens (tertiary/aromatic N) is 1. The third-order valence-corrected chi connectivity index (χ3v) is 5.66. The Morgan fingerprint density at radius 2 is 1.95 bits per heavy atom. The van der Waals surface area contributed by atoms with Crippen molar-refractivity contribution in [1.82, 2.24) is 4.90 Å². The lowest BCUT2D eigenvalue weighted by Gasteiger charge is -2.41. The van der Waals surface area contributed by atoms with Crippen LogP contribution < -0.4 is 0 Å². The van der Waals surface area contributed by atoms with Crippen LogP contribution in [0.3, 0.4) is 0 Å². The average Bonchev–Trinajstić information content (AvgIpc) is 3.05. The topological polar surface area (TPSA) is 57.6 Å². The van der Waals surface area contributed by atoms with Gasteiger partial charge in [0.25, 0.3) is 0 Å². The summed E-state index contributed by atoms with van der Waals surface area (Å²) in [5.74, 6) is 1.30. The van der Waals surface area contributed by atoms with E-state index in [1.165, 1.54) is 6.42 Å². The molecule has 3 fully saturated rings. The van der Waals surface area contributed by atoms with Gasteiger partial charge in [-0.25, -0.2) is 0 Å². The number of aliphatic carboxylic acids is 1. The maximum Gasteiger partial charge on any atom is 0.311 e. The summed E-state index contributed by atoms with van der Waals surface area (Å²) in [6.07, 6.45) is 6.51. The zero-order valence-corrected chi connectivity index (χ0v) is 12.3. The number of likely N-dealkylation sites (tertiary alicyclic amines) is 1. The van der Waals surface area contributed by atoms with E-state index in [0.717, 1.165) is 50.5 Å². The monoisotopic (exact) mass is 279 g/mol. The smallest absolute Gasteiger partial charge is 0.311 e. The molecule has 0 bridgehead atoms. The Hall–Kier alpha value is -1.06. The van der Waals surface area contributed by atoms with E-state index in [2.05, 4.69) is 0 Å². The van der Waals surface area contributed by atoms with Crippen molar-refractivity contribution in [2.75, 3.05) is 13.1 Å². The van der Waals surface area contributed by atoms with Crippen molar-refractivity contribution < 1.29 is 14.7 Å². The van der Waals surface area contributed by atoms with Gasteiger partial charge in [-0.3, -0.25) is 9.59 Å². The Balaban J connectivity index is 1.67. The molecular weight excluding hydrogens is 254 g/mol. The van der Waals surface area contributed by atoms with Gasteiger partial charge in [-0.1, -0.05) is 13.3 Å². The first-order chi connectivity index (χ1) is 9.55. The van der Waals surface area contributed by atoms with E-state index < -0.39 is 11.4 Å². The SMILES string of the molecule is CCCC1(C(=O)O)CCCN(C(=O)C2CC3CC3C2)C1. The van der Waals surface area contributed by atoms with Crippen molar-refractivity contribution >= 4 is 11.9 Å². The van der Waals surface area contributed by atoms with Crippen molar-refractivity contribution in [1.29, 1.82) is 0 Å². The predicted molar refractivity (Wildman–Crippen MR) is 75.1 cm³/mol. The molecule has 112 valence electrons. The van der Waals surface area contributed by atoms with Crippen LogP contribution in [0, 0.1) is 23.2 Å². The van der Waals surface area contributed by atoms with Crippen molar-refractivity contribution in [3.63, 3.8) is 0 Å². The highest BCUT2D eigenvalue weighted by molar-refractivity contribution is 5.81. The lowest BCUT2D eigenvalue weighted by molar-refractivity contribution is -0.156. The Labute approximate surface area is 120 Å². The van der Waals surface area contributed by atoms with E-state index >= 15 is 0 Å². The van der Waals surface area contributed by atoms with E-state index in [9.17, 15) is 14.7 Å². The van der Waals surface area contributed by atoms with Gasteiger partial charge in [0, 0.05) is 19.0 Å². The second kappa shape index (κ2) is 5.05. The maximum absolute atomic E-state index is 12.6. The highest BCUT2D eigenvalue weighted by Gasteiger charge is 2.50. The minimum Gasteiger partial charge on any atom is -0.481 e. The zero-order valence-electron chi connectivity index (χ0n) is 12.3. The lowest BCUT2D eigenvalue weighted by Crippen LogP contribution is -2.51. The first-order valence-electron chi connectivity index (χ1n) is 8.08. The van der Waals surface area contributed by atoms with Crippen molar-refractivity contribution in [2.24, 2.45) is 23.2 Å². The molecule has 1 saturated heterocycles. The van der Waals surface area contributed by atoms with Gasteiger partial charge >= 0.3 is 5.97 Å². The number of carboxylic acids is 1. The molecule has 0 aromatic heterocycles. The van der Waals surface area contributed by atoms with Crippen LogP contribution in [0.4, 0.5) is 0 Å². The predicted octanol–water partition coefficient (Wildman–Crippen LogP) is 2.53. The van der Waals surface area contributed by atoms with Crippen LogP contribution in [-0.2, 0) is 9.59 Å². The van der Waals surface area contributed by atoms with Crippen molar-refractivity contribution in [3.8, 4) is 0 Å². The van der Waals surface area contributed by atoms with Gasteiger partial charge in [0.05, 0.1) is 5.41 Å². The molecule has 4 heteroatoms. The van der Waals surface area contributed by atoms with Crippen LogP contribution in [0.25, 0.3) is 0 Å². The van der Waals surface area contributed by atoms with Gasteiger partial charge in [0.2, 0.25) is 5.91 Å². The molecule has 3 rings (SSSR count). The highest BCUT2D eigenvalue weighted by atomic mass is 16.4. The fraction of sp³-hybridized carbons (Fsp3) is 0.875. The van der Waals surface area contributed by atoms with Crippen LogP contribution in [0.15, 0.2) is 0 Å². The molecule has 0 radical (unpaired) electrons. The number of carboxylic acid groups (broad SMARTS) is 1. The summed E-state index contributed by atoms with van der Waals surface area (Å²) in [4.78, 5) is 26.2. The number of carbonyl (C=O) groups excluding carboxylic acids is 1. The van der Waals surface area contributed by atoms with E-state index in [4.69, 9.17) is 0 Å². The quantitative estimate of drug-likeness (QED) is 0.860. The van der Waals surface area contributed by atoms with Crippen LogP contribution in [0.1, 0.15) is 51.9 Å². The molecule has 1 amide bonds. The molecule has 2 saturated carbocycles. The Morgan fingerprint density at radius 1 is 1.25 bits per heavy atom. The highest BCUT2D eigenvalue weighted by Crippen LogP contribution is 2.54. The number of hydrogen-bond donors (Lipinski definition) is 1. The number of carbonyl (C=O) groups is 2. The maximum atomic E-state index is 12.6. The van der Waals surface area contributed by atoms with Gasteiger partial charge in [0.15, 0.2) is 0 Å². The summed E-state index contributed by atoms with van der Waals surface area (Å²) in [7, 11) is 0. The van der Waals surface area contributed by atoms with E-state index in [1.54, 1.807) is 0 Å². The molecule has 2 aliphatic carbocycles. The molecule has 4 nitrogen and oxygen atoms in total. The fourth-order valence-electron chi connectivity index (χ4n) is 4.46. The Kier molecular flexibility index (Phi) is 3.51. The zero-order chi connectivity index (χ0) is 14.3. The van der Waals surface area contributed by atoms with Crippen LogP contribution in [0.2, 0.25) is 0 Å². The molecule has 1 N–H and O–H groups in total. The summed E-state index contributed by atoms with van der Waals surface area (Å²) in [6, 6.07) is 0. The number of hydrogen-bond acceptors (Lipinski definition) is 2. The second-order valence-electron chi connectivity index (χ2n) is 7.12. The molecule has 20 heavy (non-hydrogen) atoms. The second-order valence-corrected chi connectivity index (χ2v) is 7.12. The lowest BCUT2D eigenvalue weighted by atomic mass is 9.76. The van der Waals surface area contributed by atoms with E-state index in [1.807, 2.05) is 11.8 Å². The van der Waals surface area contributed by atoms with Gasteiger partial charge < -0.3 is 10.0 Å². The molecule has 1 heterocycles. The summed E-state index contributed by atoms with van der Waals surface area (Å²) in [5, 5.41) is 9.60. The van der Waals surface area contributed by atoms with Crippen molar-refractivity contribution in [3.05, 3.63) is 0 Å². The van der Waals surface area contributed by atoms with Crippen LogP contribution >= 0.6 is 0 Å². The first kappa shape index (κ1) is 13.9. The summed E-state index contributed by atoms with van der Waals surface area (Å²) in [5.41, 5.74) is -0.690. The van der Waals surface area contributed by atoms with E-state index in [-0.39, 0.29) is 11.8 Å². The Morgan fingerprint density at radius 3 is 2.55 bits per heavy atom. The number of piperidine rings is 1. The number of rotatable bonds is 4. The summed E-state index contributed by atoms with van der Waals surface area (Å²) >= 11 is 0. The number of fused-ring (bicyclic) bond motifs is 1. The average molecular weight is 279 g/mol. The molecule has 1 aliphatic heterocycles. The minimum atomic E-state index is -0.717. The van der Waals surface area contributed by atoms with Crippen LogP contribution in [0.5, 0.6) is 0 Å². The third-order valence-electron chi connectivity index (χ3n) is 5.66. The normalized spacial score (nSPS) is 39.5. The summed E-state index contributed by atoms with van der Waals surface area (Å²) < 4.78 is 0. The molecule has 3 atom stereocenters. The molecular formula is C16H25NO3. The standard InChI is InChI=1S/C16H25NO3/c1-2-4-16(15(19)20)5-3-6-17(10-16)14(18)13-8-11-7-12(11)9-13/h11-13H,2-10H2,1H3,(H,19,20).